The largest absolute Gasteiger partial charge is 0.297 e. The number of hydroxylamine groups is 1. The molecule has 0 atom stereocenters. The average Bonchev–Trinajstić information content (AvgIpc) is 2.72. The van der Waals surface area contributed by atoms with Crippen LogP contribution in [0.4, 0.5) is 0 Å². The average molecular weight is 233 g/mol. The van der Waals surface area contributed by atoms with Crippen LogP contribution >= 0.6 is 11.3 Å². The van der Waals surface area contributed by atoms with Crippen LogP contribution in [0.25, 0.3) is 0 Å². The maximum Gasteiger partial charge on any atom is 0.0933 e. The molecule has 2 rings (SSSR count). The molecule has 16 heavy (non-hydrogen) atoms. The van der Waals surface area contributed by atoms with Crippen molar-refractivity contribution >= 4 is 11.3 Å². The molecule has 0 fully saturated rings. The molecule has 0 bridgehead atoms. The topological polar surface area (TPSA) is 21.3 Å². The molecular formula is C13H15NOS. The van der Waals surface area contributed by atoms with Crippen molar-refractivity contribution in [3.63, 3.8) is 0 Å². The van der Waals surface area contributed by atoms with Gasteiger partial charge in [-0.3, -0.25) is 4.84 Å². The Morgan fingerprint density at radius 1 is 1.19 bits per heavy atom. The van der Waals surface area contributed by atoms with E-state index in [2.05, 4.69) is 36.0 Å². The van der Waals surface area contributed by atoms with Crippen LogP contribution in [0.5, 0.6) is 0 Å². The Balaban J connectivity index is 1.69. The minimum absolute atomic E-state index is 0.601. The van der Waals surface area contributed by atoms with E-state index < -0.39 is 0 Å². The van der Waals surface area contributed by atoms with Crippen LogP contribution < -0.4 is 5.48 Å². The van der Waals surface area contributed by atoms with Crippen LogP contribution in [0, 0.1) is 6.92 Å². The lowest BCUT2D eigenvalue weighted by atomic mass is 10.2. The number of benzene rings is 1. The summed E-state index contributed by atoms with van der Waals surface area (Å²) < 4.78 is 0. The highest BCUT2D eigenvalue weighted by atomic mass is 32.1. The van der Waals surface area contributed by atoms with E-state index in [4.69, 9.17) is 4.84 Å². The molecule has 1 aromatic carbocycles. The van der Waals surface area contributed by atoms with Gasteiger partial charge in [-0.25, -0.2) is 0 Å². The van der Waals surface area contributed by atoms with Gasteiger partial charge in [0.25, 0.3) is 0 Å². The van der Waals surface area contributed by atoms with Gasteiger partial charge in [-0.05, 0) is 29.5 Å². The van der Waals surface area contributed by atoms with Gasteiger partial charge in [-0.15, -0.1) is 11.3 Å². The van der Waals surface area contributed by atoms with Crippen LogP contribution in [0.1, 0.15) is 16.0 Å². The zero-order chi connectivity index (χ0) is 11.2. The molecule has 0 unspecified atom stereocenters. The Morgan fingerprint density at radius 3 is 2.69 bits per heavy atom. The van der Waals surface area contributed by atoms with Gasteiger partial charge in [0.2, 0.25) is 0 Å². The summed E-state index contributed by atoms with van der Waals surface area (Å²) in [6.45, 7) is 3.47. The van der Waals surface area contributed by atoms with Gasteiger partial charge in [0.15, 0.2) is 0 Å². The van der Waals surface area contributed by atoms with E-state index in [0.29, 0.717) is 6.61 Å². The third-order valence-electron chi connectivity index (χ3n) is 2.24. The van der Waals surface area contributed by atoms with Crippen LogP contribution in [0.2, 0.25) is 0 Å². The van der Waals surface area contributed by atoms with Crippen molar-refractivity contribution in [3.8, 4) is 0 Å². The Hall–Kier alpha value is -1.16. The minimum atomic E-state index is 0.601. The first kappa shape index (κ1) is 11.3. The van der Waals surface area contributed by atoms with E-state index in [9.17, 15) is 0 Å². The fourth-order valence-corrected chi connectivity index (χ4v) is 2.14. The summed E-state index contributed by atoms with van der Waals surface area (Å²) in [5.74, 6) is 0. The zero-order valence-electron chi connectivity index (χ0n) is 9.27. The van der Waals surface area contributed by atoms with Gasteiger partial charge in [0, 0.05) is 11.4 Å². The molecule has 0 aliphatic rings. The van der Waals surface area contributed by atoms with Crippen LogP contribution in [0.3, 0.4) is 0 Å². The van der Waals surface area contributed by atoms with Gasteiger partial charge in [0.05, 0.1) is 6.61 Å². The molecule has 0 amide bonds. The van der Waals surface area contributed by atoms with Crippen LogP contribution in [0.15, 0.2) is 41.8 Å². The lowest BCUT2D eigenvalue weighted by Crippen LogP contribution is -2.13. The molecular weight excluding hydrogens is 218 g/mol. The second-order valence-electron chi connectivity index (χ2n) is 3.66. The van der Waals surface area contributed by atoms with Crippen molar-refractivity contribution in [3.05, 3.63) is 57.8 Å². The predicted molar refractivity (Wildman–Crippen MR) is 67.1 cm³/mol. The highest BCUT2D eigenvalue weighted by molar-refractivity contribution is 7.10. The third-order valence-corrected chi connectivity index (χ3v) is 3.16. The van der Waals surface area contributed by atoms with E-state index in [0.717, 1.165) is 6.54 Å². The molecule has 1 aromatic heterocycles. The Kier molecular flexibility index (Phi) is 4.10. The van der Waals surface area contributed by atoms with E-state index in [-0.39, 0.29) is 0 Å². The Bertz CT molecular complexity index is 425. The number of hydrogen-bond acceptors (Lipinski definition) is 3. The standard InChI is InChI=1S/C13H15NOS/c1-11-7-13(10-16-11)8-14-15-9-12-5-3-2-4-6-12/h2-7,10,14H,8-9H2,1H3. The highest BCUT2D eigenvalue weighted by Crippen LogP contribution is 2.12. The van der Waals surface area contributed by atoms with Crippen LogP contribution in [-0.4, -0.2) is 0 Å². The second-order valence-corrected chi connectivity index (χ2v) is 4.78. The smallest absolute Gasteiger partial charge is 0.0933 e. The molecule has 0 saturated carbocycles. The van der Waals surface area contributed by atoms with E-state index in [1.807, 2.05) is 18.2 Å². The molecule has 84 valence electrons. The van der Waals surface area contributed by atoms with E-state index in [1.54, 1.807) is 11.3 Å². The van der Waals surface area contributed by atoms with E-state index >= 15 is 0 Å². The van der Waals surface area contributed by atoms with Gasteiger partial charge in [0.1, 0.15) is 0 Å². The normalized spacial score (nSPS) is 10.6. The lowest BCUT2D eigenvalue weighted by Gasteiger charge is -2.04. The summed E-state index contributed by atoms with van der Waals surface area (Å²) in [7, 11) is 0. The molecule has 0 saturated heterocycles. The molecule has 0 radical (unpaired) electrons. The van der Waals surface area contributed by atoms with Gasteiger partial charge in [-0.2, -0.15) is 5.48 Å². The summed E-state index contributed by atoms with van der Waals surface area (Å²) in [6.07, 6.45) is 0. The maximum atomic E-state index is 5.39. The van der Waals surface area contributed by atoms with Gasteiger partial charge >= 0.3 is 0 Å². The summed E-state index contributed by atoms with van der Waals surface area (Å²) in [4.78, 5) is 6.72. The second kappa shape index (κ2) is 5.80. The summed E-state index contributed by atoms with van der Waals surface area (Å²) >= 11 is 1.76. The highest BCUT2D eigenvalue weighted by Gasteiger charge is 1.96. The van der Waals surface area contributed by atoms with Crippen molar-refractivity contribution in [2.75, 3.05) is 0 Å². The first-order valence-corrected chi connectivity index (χ1v) is 6.15. The van der Waals surface area contributed by atoms with Crippen molar-refractivity contribution in [2.45, 2.75) is 20.1 Å². The molecule has 1 heterocycles. The quantitative estimate of drug-likeness (QED) is 0.632. The molecule has 2 aromatic rings. The maximum absolute atomic E-state index is 5.39. The summed E-state index contributed by atoms with van der Waals surface area (Å²) in [6, 6.07) is 12.3. The Labute approximate surface area is 99.8 Å². The van der Waals surface area contributed by atoms with Gasteiger partial charge < -0.3 is 0 Å². The predicted octanol–water partition coefficient (Wildman–Crippen LogP) is 3.28. The van der Waals surface area contributed by atoms with Crippen LogP contribution in [-0.2, 0) is 18.0 Å². The first-order valence-electron chi connectivity index (χ1n) is 5.27. The van der Waals surface area contributed by atoms with Gasteiger partial charge in [-0.1, -0.05) is 30.3 Å². The SMILES string of the molecule is Cc1cc(CNOCc2ccccc2)cs1. The number of rotatable bonds is 5. The van der Waals surface area contributed by atoms with Crippen molar-refractivity contribution < 1.29 is 4.84 Å². The Morgan fingerprint density at radius 2 is 2.00 bits per heavy atom. The molecule has 2 nitrogen and oxygen atoms in total. The number of thiophene rings is 1. The number of nitrogens with one attached hydrogen (secondary N) is 1. The molecule has 3 heteroatoms. The molecule has 1 N–H and O–H groups in total. The molecule has 0 aliphatic carbocycles. The third kappa shape index (κ3) is 3.45. The fraction of sp³-hybridized carbons (Fsp3) is 0.231. The number of aryl methyl sites for hydroxylation is 1. The summed E-state index contributed by atoms with van der Waals surface area (Å²) in [5.41, 5.74) is 5.42. The van der Waals surface area contributed by atoms with Crippen molar-refractivity contribution in [2.24, 2.45) is 0 Å². The first-order chi connectivity index (χ1) is 7.84. The fourth-order valence-electron chi connectivity index (χ4n) is 1.43. The van der Waals surface area contributed by atoms with Crippen molar-refractivity contribution in [1.29, 1.82) is 0 Å². The van der Waals surface area contributed by atoms with E-state index in [1.165, 1.54) is 16.0 Å². The zero-order valence-corrected chi connectivity index (χ0v) is 10.1. The lowest BCUT2D eigenvalue weighted by molar-refractivity contribution is 0.0236. The molecule has 0 aliphatic heterocycles. The summed E-state index contributed by atoms with van der Waals surface area (Å²) in [5, 5.41) is 2.15. The monoisotopic (exact) mass is 233 g/mol. The minimum Gasteiger partial charge on any atom is -0.297 e. The molecule has 0 spiro atoms. The number of hydrogen-bond donors (Lipinski definition) is 1. The van der Waals surface area contributed by atoms with Crippen molar-refractivity contribution in [1.82, 2.24) is 5.48 Å².